The zero-order chi connectivity index (χ0) is 11.5. The van der Waals surface area contributed by atoms with Crippen molar-refractivity contribution in [3.8, 4) is 5.75 Å². The molecule has 0 saturated heterocycles. The lowest BCUT2D eigenvalue weighted by Crippen LogP contribution is -2.04. The molecule has 0 fully saturated rings. The first-order valence-electron chi connectivity index (χ1n) is 4.76. The summed E-state index contributed by atoms with van der Waals surface area (Å²) in [6.45, 7) is 2.62. The molecule has 0 radical (unpaired) electrons. The van der Waals surface area contributed by atoms with E-state index < -0.39 is 0 Å². The second-order valence-corrected chi connectivity index (χ2v) is 4.13. The van der Waals surface area contributed by atoms with Crippen LogP contribution in [0.3, 0.4) is 0 Å². The Bertz CT molecular complexity index is 497. The monoisotopic (exact) mass is 282 g/mol. The van der Waals surface area contributed by atoms with Gasteiger partial charge in [0.25, 0.3) is 0 Å². The molecule has 6 heteroatoms. The van der Waals surface area contributed by atoms with Gasteiger partial charge in [-0.2, -0.15) is 0 Å². The van der Waals surface area contributed by atoms with Crippen LogP contribution in [0.1, 0.15) is 11.1 Å². The predicted octanol–water partition coefficient (Wildman–Crippen LogP) is 1.80. The fourth-order valence-corrected chi connectivity index (χ4v) is 1.75. The molecule has 0 aliphatic heterocycles. The molecule has 2 rings (SSSR count). The summed E-state index contributed by atoms with van der Waals surface area (Å²) in [4.78, 5) is 0. The quantitative estimate of drug-likeness (QED) is 0.862. The molecule has 1 aromatic heterocycles. The van der Waals surface area contributed by atoms with Crippen LogP contribution < -0.4 is 4.74 Å². The number of nitrogens with zero attached hydrogens (tertiary/aromatic N) is 4. The van der Waals surface area contributed by atoms with E-state index in [1.807, 2.05) is 19.1 Å². The van der Waals surface area contributed by atoms with E-state index in [4.69, 9.17) is 4.74 Å². The summed E-state index contributed by atoms with van der Waals surface area (Å²) in [5.41, 5.74) is 2.23. The van der Waals surface area contributed by atoms with E-state index in [1.165, 1.54) is 5.56 Å². The average molecular weight is 283 g/mol. The number of methoxy groups -OCH3 is 1. The maximum Gasteiger partial charge on any atom is 0.218 e. The van der Waals surface area contributed by atoms with Gasteiger partial charge in [-0.05, 0) is 39.3 Å². The second kappa shape index (κ2) is 4.61. The maximum absolute atomic E-state index is 5.29. The van der Waals surface area contributed by atoms with Crippen molar-refractivity contribution in [3.63, 3.8) is 0 Å². The topological polar surface area (TPSA) is 52.8 Å². The first kappa shape index (κ1) is 11.1. The minimum atomic E-state index is 0.582. The molecule has 0 saturated carbocycles. The molecular weight excluding hydrogens is 272 g/mol. The van der Waals surface area contributed by atoms with Crippen LogP contribution >= 0.6 is 15.9 Å². The Morgan fingerprint density at radius 3 is 2.88 bits per heavy atom. The molecule has 1 heterocycles. The Morgan fingerprint density at radius 2 is 2.25 bits per heavy atom. The molecule has 16 heavy (non-hydrogen) atoms. The Hall–Kier alpha value is -1.43. The third-order valence-electron chi connectivity index (χ3n) is 2.24. The zero-order valence-corrected chi connectivity index (χ0v) is 10.6. The third kappa shape index (κ3) is 2.21. The van der Waals surface area contributed by atoms with Crippen LogP contribution in [0.15, 0.2) is 22.9 Å². The third-order valence-corrected chi connectivity index (χ3v) is 2.81. The van der Waals surface area contributed by atoms with Gasteiger partial charge in [0.2, 0.25) is 4.73 Å². The zero-order valence-electron chi connectivity index (χ0n) is 9.01. The highest BCUT2D eigenvalue weighted by molar-refractivity contribution is 9.10. The summed E-state index contributed by atoms with van der Waals surface area (Å²) in [6.07, 6.45) is 0. The summed E-state index contributed by atoms with van der Waals surface area (Å²) in [6, 6.07) is 6.02. The highest BCUT2D eigenvalue weighted by Gasteiger charge is 2.07. The summed E-state index contributed by atoms with van der Waals surface area (Å²) in [7, 11) is 1.66. The maximum atomic E-state index is 5.29. The van der Waals surface area contributed by atoms with Crippen molar-refractivity contribution in [3.05, 3.63) is 34.1 Å². The van der Waals surface area contributed by atoms with Gasteiger partial charge in [0.05, 0.1) is 13.7 Å². The molecule has 0 spiro atoms. The highest BCUT2D eigenvalue weighted by Crippen LogP contribution is 2.21. The molecule has 0 amide bonds. The number of tetrazole rings is 1. The fraction of sp³-hybridized carbons (Fsp3) is 0.300. The molecule has 0 unspecified atom stereocenters. The van der Waals surface area contributed by atoms with Crippen molar-refractivity contribution in [1.29, 1.82) is 0 Å². The van der Waals surface area contributed by atoms with Crippen molar-refractivity contribution in [1.82, 2.24) is 20.2 Å². The van der Waals surface area contributed by atoms with Crippen molar-refractivity contribution in [2.75, 3.05) is 7.11 Å². The van der Waals surface area contributed by atoms with Gasteiger partial charge in [-0.3, -0.25) is 0 Å². The van der Waals surface area contributed by atoms with Gasteiger partial charge >= 0.3 is 0 Å². The van der Waals surface area contributed by atoms with Crippen molar-refractivity contribution in [2.24, 2.45) is 0 Å². The van der Waals surface area contributed by atoms with E-state index >= 15 is 0 Å². The molecule has 5 nitrogen and oxygen atoms in total. The molecule has 2 aromatic rings. The lowest BCUT2D eigenvalue weighted by atomic mass is 10.1. The van der Waals surface area contributed by atoms with E-state index in [-0.39, 0.29) is 0 Å². The largest absolute Gasteiger partial charge is 0.496 e. The average Bonchev–Trinajstić information content (AvgIpc) is 2.65. The lowest BCUT2D eigenvalue weighted by molar-refractivity contribution is 0.406. The normalized spacial score (nSPS) is 10.4. The van der Waals surface area contributed by atoms with E-state index in [2.05, 4.69) is 37.5 Å². The van der Waals surface area contributed by atoms with Crippen LogP contribution in [-0.2, 0) is 6.54 Å². The van der Waals surface area contributed by atoms with Crippen molar-refractivity contribution >= 4 is 15.9 Å². The summed E-state index contributed by atoms with van der Waals surface area (Å²) < 4.78 is 7.56. The number of halogens is 1. The number of ether oxygens (including phenoxy) is 1. The van der Waals surface area contributed by atoms with Crippen molar-refractivity contribution in [2.45, 2.75) is 13.5 Å². The number of hydrogen-bond donors (Lipinski definition) is 0. The fourth-order valence-electron chi connectivity index (χ4n) is 1.48. The second-order valence-electron chi connectivity index (χ2n) is 3.42. The van der Waals surface area contributed by atoms with E-state index in [9.17, 15) is 0 Å². The summed E-state index contributed by atoms with van der Waals surface area (Å²) >= 11 is 3.27. The van der Waals surface area contributed by atoms with Crippen molar-refractivity contribution < 1.29 is 4.74 Å². The molecule has 0 aliphatic carbocycles. The molecule has 0 aliphatic rings. The smallest absolute Gasteiger partial charge is 0.218 e. The van der Waals surface area contributed by atoms with Crippen LogP contribution in [0, 0.1) is 6.92 Å². The summed E-state index contributed by atoms with van der Waals surface area (Å²) in [5.74, 6) is 0.841. The van der Waals surface area contributed by atoms with Gasteiger partial charge in [0.15, 0.2) is 0 Å². The molecule has 0 bridgehead atoms. The number of aromatic nitrogens is 4. The number of benzene rings is 1. The van der Waals surface area contributed by atoms with Crippen LogP contribution in [0.5, 0.6) is 5.75 Å². The number of rotatable bonds is 3. The SMILES string of the molecule is COc1ccc(C)cc1Cn1nnnc1Br. The molecule has 0 N–H and O–H groups in total. The van der Waals surface area contributed by atoms with Crippen LogP contribution in [-0.4, -0.2) is 27.3 Å². The Morgan fingerprint density at radius 1 is 1.44 bits per heavy atom. The highest BCUT2D eigenvalue weighted by atomic mass is 79.9. The van der Waals surface area contributed by atoms with Crippen LogP contribution in [0.25, 0.3) is 0 Å². The molecule has 1 aromatic carbocycles. The van der Waals surface area contributed by atoms with E-state index in [0.29, 0.717) is 11.3 Å². The van der Waals surface area contributed by atoms with Gasteiger partial charge in [0.1, 0.15) is 5.75 Å². The minimum absolute atomic E-state index is 0.582. The van der Waals surface area contributed by atoms with Crippen LogP contribution in [0.4, 0.5) is 0 Å². The lowest BCUT2D eigenvalue weighted by Gasteiger charge is -2.09. The Labute approximate surface area is 102 Å². The van der Waals surface area contributed by atoms with Gasteiger partial charge in [-0.15, -0.1) is 5.10 Å². The van der Waals surface area contributed by atoms with E-state index in [1.54, 1.807) is 11.8 Å². The molecule has 84 valence electrons. The number of aryl methyl sites for hydroxylation is 1. The Kier molecular flexibility index (Phi) is 3.19. The minimum Gasteiger partial charge on any atom is -0.496 e. The molecule has 0 atom stereocenters. The van der Waals surface area contributed by atoms with Gasteiger partial charge < -0.3 is 4.74 Å². The predicted molar refractivity (Wildman–Crippen MR) is 62.4 cm³/mol. The van der Waals surface area contributed by atoms with E-state index in [0.717, 1.165) is 11.3 Å². The van der Waals surface area contributed by atoms with Gasteiger partial charge in [-0.25, -0.2) is 4.68 Å². The van der Waals surface area contributed by atoms with Gasteiger partial charge in [0, 0.05) is 5.56 Å². The molecular formula is C10H11BrN4O. The first-order valence-corrected chi connectivity index (χ1v) is 5.55. The number of hydrogen-bond acceptors (Lipinski definition) is 4. The first-order chi connectivity index (χ1) is 7.70. The summed E-state index contributed by atoms with van der Waals surface area (Å²) in [5, 5.41) is 11.2. The van der Waals surface area contributed by atoms with Crippen LogP contribution in [0.2, 0.25) is 0 Å². The Balaban J connectivity index is 2.33. The van der Waals surface area contributed by atoms with Gasteiger partial charge in [-0.1, -0.05) is 17.7 Å². The standard InChI is InChI=1S/C10H11BrN4O/c1-7-3-4-9(16-2)8(5-7)6-15-10(11)12-13-14-15/h3-5H,6H2,1-2H3.